The third-order valence-corrected chi connectivity index (χ3v) is 4.28. The first-order valence-corrected chi connectivity index (χ1v) is 7.03. The van der Waals surface area contributed by atoms with E-state index < -0.39 is 27.9 Å². The molecule has 98 valence electrons. The molecule has 18 heavy (non-hydrogen) atoms. The molecule has 0 amide bonds. The van der Waals surface area contributed by atoms with Gasteiger partial charge in [0.2, 0.25) is 0 Å². The number of aliphatic hydroxyl groups is 1. The summed E-state index contributed by atoms with van der Waals surface area (Å²) < 4.78 is 40.9. The van der Waals surface area contributed by atoms with Crippen molar-refractivity contribution >= 4 is 16.1 Å². The molecule has 2 rings (SSSR count). The first-order chi connectivity index (χ1) is 8.39. The Morgan fingerprint density at radius 2 is 2.06 bits per heavy atom. The molecule has 7 heteroatoms. The molecule has 0 saturated carbocycles. The number of sulfone groups is 1. The van der Waals surface area contributed by atoms with Crippen LogP contribution in [0.4, 0.5) is 4.39 Å². The lowest BCUT2D eigenvalue weighted by Gasteiger charge is -2.15. The average molecular weight is 274 g/mol. The topological polar surface area (TPSA) is 80.7 Å². The largest absolute Gasteiger partial charge is 0.486 e. The molecule has 1 aliphatic heterocycles. The Hall–Kier alpha value is -1.47. The molecule has 0 bridgehead atoms. The van der Waals surface area contributed by atoms with E-state index in [1.165, 1.54) is 6.07 Å². The van der Waals surface area contributed by atoms with E-state index in [1.807, 2.05) is 0 Å². The van der Waals surface area contributed by atoms with Crippen molar-refractivity contribution in [2.24, 2.45) is 0 Å². The number of hydrogen-bond donors (Lipinski definition) is 1. The van der Waals surface area contributed by atoms with Crippen molar-refractivity contribution < 1.29 is 27.4 Å². The van der Waals surface area contributed by atoms with E-state index >= 15 is 0 Å². The second kappa shape index (κ2) is 4.66. The molecular weight excluding hydrogens is 263 g/mol. The number of aliphatic hydroxyl groups excluding tert-OH is 1. The van der Waals surface area contributed by atoms with Crippen LogP contribution in [0.15, 0.2) is 18.2 Å². The fourth-order valence-corrected chi connectivity index (χ4v) is 3.47. The van der Waals surface area contributed by atoms with E-state index in [0.717, 1.165) is 12.1 Å². The highest BCUT2D eigenvalue weighted by atomic mass is 32.2. The van der Waals surface area contributed by atoms with Crippen LogP contribution in [0.2, 0.25) is 0 Å². The molecular formula is C11H11FO5S. The van der Waals surface area contributed by atoms with Crippen molar-refractivity contribution in [2.45, 2.75) is 12.2 Å². The van der Waals surface area contributed by atoms with Crippen molar-refractivity contribution in [2.75, 3.05) is 11.5 Å². The minimum absolute atomic E-state index is 0.0262. The van der Waals surface area contributed by atoms with Crippen LogP contribution in [0, 0.1) is 5.82 Å². The number of hydrogen-bond acceptors (Lipinski definition) is 5. The predicted molar refractivity (Wildman–Crippen MR) is 60.9 cm³/mol. The quantitative estimate of drug-likeness (QED) is 0.795. The highest BCUT2D eigenvalue weighted by Crippen LogP contribution is 2.22. The highest BCUT2D eigenvalue weighted by Gasteiger charge is 2.38. The molecule has 1 fully saturated rings. The molecule has 1 heterocycles. The Kier molecular flexibility index (Phi) is 3.36. The minimum atomic E-state index is -3.33. The molecule has 0 radical (unpaired) electrons. The summed E-state index contributed by atoms with van der Waals surface area (Å²) in [4.78, 5) is 10.5. The zero-order valence-corrected chi connectivity index (χ0v) is 10.1. The second-order valence-electron chi connectivity index (χ2n) is 4.14. The average Bonchev–Trinajstić information content (AvgIpc) is 2.50. The monoisotopic (exact) mass is 274 g/mol. The van der Waals surface area contributed by atoms with Crippen molar-refractivity contribution in [3.05, 3.63) is 29.6 Å². The van der Waals surface area contributed by atoms with Gasteiger partial charge < -0.3 is 9.84 Å². The Balaban J connectivity index is 2.19. The Labute approximate surface area is 103 Å². The molecule has 1 aromatic carbocycles. The van der Waals surface area contributed by atoms with Crippen molar-refractivity contribution in [1.82, 2.24) is 0 Å². The van der Waals surface area contributed by atoms with Crippen molar-refractivity contribution in [3.63, 3.8) is 0 Å². The summed E-state index contributed by atoms with van der Waals surface area (Å²) in [7, 11) is -3.33. The van der Waals surface area contributed by atoms with Gasteiger partial charge in [0.15, 0.2) is 9.84 Å². The van der Waals surface area contributed by atoms with E-state index in [1.54, 1.807) is 0 Å². The molecule has 1 aromatic rings. The number of halogens is 1. The predicted octanol–water partition coefficient (Wildman–Crippen LogP) is 0.175. The van der Waals surface area contributed by atoms with Crippen molar-refractivity contribution in [1.29, 1.82) is 0 Å². The molecule has 5 nitrogen and oxygen atoms in total. The normalized spacial score (nSPS) is 25.9. The fourth-order valence-electron chi connectivity index (χ4n) is 1.80. The lowest BCUT2D eigenvalue weighted by atomic mass is 10.2. The van der Waals surface area contributed by atoms with Gasteiger partial charge in [0, 0.05) is 11.6 Å². The third-order valence-electron chi connectivity index (χ3n) is 2.59. The van der Waals surface area contributed by atoms with E-state index in [4.69, 9.17) is 4.74 Å². The van der Waals surface area contributed by atoms with E-state index in [-0.39, 0.29) is 22.8 Å². The third kappa shape index (κ3) is 2.85. The molecule has 1 aliphatic rings. The Morgan fingerprint density at radius 3 is 2.61 bits per heavy atom. The summed E-state index contributed by atoms with van der Waals surface area (Å²) in [5, 5.41) is 9.51. The van der Waals surface area contributed by atoms with Gasteiger partial charge in [-0.3, -0.25) is 4.79 Å². The van der Waals surface area contributed by atoms with Gasteiger partial charge in [-0.05, 0) is 12.1 Å². The molecule has 0 aromatic heterocycles. The van der Waals surface area contributed by atoms with Crippen LogP contribution in [0.1, 0.15) is 10.4 Å². The van der Waals surface area contributed by atoms with Crippen LogP contribution in [0.25, 0.3) is 0 Å². The number of rotatable bonds is 3. The van der Waals surface area contributed by atoms with Gasteiger partial charge in [0.25, 0.3) is 0 Å². The summed E-state index contributed by atoms with van der Waals surface area (Å²) in [5.41, 5.74) is 0.0837. The molecule has 2 unspecified atom stereocenters. The van der Waals surface area contributed by atoms with E-state index in [0.29, 0.717) is 6.29 Å². The maximum atomic E-state index is 13.1. The van der Waals surface area contributed by atoms with Gasteiger partial charge in [-0.2, -0.15) is 0 Å². The van der Waals surface area contributed by atoms with Crippen molar-refractivity contribution in [3.8, 4) is 5.75 Å². The van der Waals surface area contributed by atoms with Gasteiger partial charge >= 0.3 is 0 Å². The molecule has 2 atom stereocenters. The number of aldehydes is 1. The van der Waals surface area contributed by atoms with Crippen LogP contribution in [0.5, 0.6) is 5.75 Å². The van der Waals surface area contributed by atoms with Crippen LogP contribution < -0.4 is 4.74 Å². The van der Waals surface area contributed by atoms with Crippen LogP contribution in [-0.2, 0) is 9.84 Å². The standard InChI is InChI=1S/C11H11FO5S/c12-8-1-7(4-13)2-9(3-8)17-11-6-18(15,16)5-10(11)14/h1-4,10-11,14H,5-6H2. The zero-order chi connectivity index (χ0) is 13.3. The summed E-state index contributed by atoms with van der Waals surface area (Å²) in [6, 6.07) is 3.35. The SMILES string of the molecule is O=Cc1cc(F)cc(OC2CS(=O)(=O)CC2O)c1. The van der Waals surface area contributed by atoms with Gasteiger partial charge in [0.1, 0.15) is 30.1 Å². The second-order valence-corrected chi connectivity index (χ2v) is 6.29. The van der Waals surface area contributed by atoms with E-state index in [2.05, 4.69) is 0 Å². The molecule has 1 N–H and O–H groups in total. The number of carbonyl (C=O) groups excluding carboxylic acids is 1. The summed E-state index contributed by atoms with van der Waals surface area (Å²) in [6.07, 6.45) is -1.62. The molecule has 1 saturated heterocycles. The number of benzene rings is 1. The van der Waals surface area contributed by atoms with Gasteiger partial charge in [-0.15, -0.1) is 0 Å². The van der Waals surface area contributed by atoms with Gasteiger partial charge in [-0.25, -0.2) is 12.8 Å². The summed E-state index contributed by atoms with van der Waals surface area (Å²) in [5.74, 6) is -1.32. The van der Waals surface area contributed by atoms with Crippen LogP contribution >= 0.6 is 0 Å². The Morgan fingerprint density at radius 1 is 1.33 bits per heavy atom. The fraction of sp³-hybridized carbons (Fsp3) is 0.364. The summed E-state index contributed by atoms with van der Waals surface area (Å²) >= 11 is 0. The lowest BCUT2D eigenvalue weighted by Crippen LogP contribution is -2.29. The molecule has 0 aliphatic carbocycles. The van der Waals surface area contributed by atoms with E-state index in [9.17, 15) is 22.7 Å². The zero-order valence-electron chi connectivity index (χ0n) is 9.24. The lowest BCUT2D eigenvalue weighted by molar-refractivity contribution is 0.0735. The summed E-state index contributed by atoms with van der Waals surface area (Å²) in [6.45, 7) is 0. The first-order valence-electron chi connectivity index (χ1n) is 5.20. The minimum Gasteiger partial charge on any atom is -0.486 e. The maximum Gasteiger partial charge on any atom is 0.156 e. The number of carbonyl (C=O) groups is 1. The van der Waals surface area contributed by atoms with Gasteiger partial charge in [-0.1, -0.05) is 0 Å². The van der Waals surface area contributed by atoms with Crippen LogP contribution in [-0.4, -0.2) is 43.5 Å². The maximum absolute atomic E-state index is 13.1. The smallest absolute Gasteiger partial charge is 0.156 e. The Bertz CT molecular complexity index is 569. The number of ether oxygens (including phenoxy) is 1. The van der Waals surface area contributed by atoms with Gasteiger partial charge in [0.05, 0.1) is 11.5 Å². The molecule has 0 spiro atoms. The first kappa shape index (κ1) is 13.0. The highest BCUT2D eigenvalue weighted by molar-refractivity contribution is 7.91. The van der Waals surface area contributed by atoms with Crippen LogP contribution in [0.3, 0.4) is 0 Å².